The lowest BCUT2D eigenvalue weighted by molar-refractivity contribution is -0.128. The van der Waals surface area contributed by atoms with Crippen LogP contribution in [0.1, 0.15) is 27.1 Å². The van der Waals surface area contributed by atoms with Crippen LogP contribution in [0.15, 0.2) is 71.3 Å². The maximum atomic E-state index is 13.7. The lowest BCUT2D eigenvalue weighted by Crippen LogP contribution is -2.27. The number of nitrogens with zero attached hydrogens (tertiary/aromatic N) is 1. The van der Waals surface area contributed by atoms with Crippen LogP contribution in [0.3, 0.4) is 0 Å². The molecule has 1 saturated heterocycles. The Morgan fingerprint density at radius 3 is 2.64 bits per heavy atom. The van der Waals surface area contributed by atoms with Crippen LogP contribution in [0.4, 0.5) is 10.1 Å². The van der Waals surface area contributed by atoms with Crippen molar-refractivity contribution in [3.05, 3.63) is 89.6 Å². The van der Waals surface area contributed by atoms with Crippen molar-refractivity contribution in [1.82, 2.24) is 4.90 Å². The predicted molar refractivity (Wildman–Crippen MR) is 105 cm³/mol. The Bertz CT molecular complexity index is 989. The summed E-state index contributed by atoms with van der Waals surface area (Å²) in [6.45, 7) is 0.402. The molecule has 0 aliphatic carbocycles. The molecular weight excluding hydrogens is 379 g/mol. The van der Waals surface area contributed by atoms with Gasteiger partial charge >= 0.3 is 0 Å². The standard InChI is InChI=1S/C21H17FN2O3S/c22-17-5-1-2-6-18(17)23-20(26)14-7-9-15(10-8-14)21-24(19(25)13-28-21)12-16-4-3-11-27-16/h1-11,21H,12-13H2,(H,23,26)/t21-/m1/s1. The number of amides is 2. The van der Waals surface area contributed by atoms with Crippen molar-refractivity contribution in [2.24, 2.45) is 0 Å². The van der Waals surface area contributed by atoms with Gasteiger partial charge < -0.3 is 14.6 Å². The predicted octanol–water partition coefficient (Wildman–Crippen LogP) is 4.45. The molecule has 1 aliphatic heterocycles. The van der Waals surface area contributed by atoms with Crippen molar-refractivity contribution in [2.45, 2.75) is 11.9 Å². The van der Waals surface area contributed by atoms with Crippen LogP contribution in [0, 0.1) is 5.82 Å². The normalized spacial score (nSPS) is 16.4. The number of thioether (sulfide) groups is 1. The molecule has 0 bridgehead atoms. The molecule has 1 aliphatic rings. The molecule has 1 N–H and O–H groups in total. The minimum absolute atomic E-state index is 0.0489. The quantitative estimate of drug-likeness (QED) is 0.692. The number of furan rings is 1. The first-order valence-corrected chi connectivity index (χ1v) is 9.76. The van der Waals surface area contributed by atoms with Crippen molar-refractivity contribution in [3.8, 4) is 0 Å². The molecule has 0 radical (unpaired) electrons. The molecule has 4 rings (SSSR count). The van der Waals surface area contributed by atoms with Crippen LogP contribution in [0.2, 0.25) is 0 Å². The first-order valence-electron chi connectivity index (χ1n) is 8.71. The van der Waals surface area contributed by atoms with E-state index in [0.717, 1.165) is 11.3 Å². The van der Waals surface area contributed by atoms with Gasteiger partial charge in [-0.05, 0) is 42.0 Å². The fraction of sp³-hybridized carbons (Fsp3) is 0.143. The topological polar surface area (TPSA) is 62.6 Å². The van der Waals surface area contributed by atoms with Gasteiger partial charge in [0.2, 0.25) is 5.91 Å². The van der Waals surface area contributed by atoms with Crippen LogP contribution < -0.4 is 5.32 Å². The van der Waals surface area contributed by atoms with Crippen molar-refractivity contribution in [2.75, 3.05) is 11.1 Å². The summed E-state index contributed by atoms with van der Waals surface area (Å²) in [6, 6.07) is 16.7. The second kappa shape index (κ2) is 7.90. The summed E-state index contributed by atoms with van der Waals surface area (Å²) in [4.78, 5) is 26.4. The second-order valence-electron chi connectivity index (χ2n) is 6.32. The summed E-state index contributed by atoms with van der Waals surface area (Å²) in [6.07, 6.45) is 1.58. The van der Waals surface area contributed by atoms with Crippen molar-refractivity contribution in [3.63, 3.8) is 0 Å². The van der Waals surface area contributed by atoms with E-state index < -0.39 is 5.82 Å². The molecular formula is C21H17FN2O3S. The van der Waals surface area contributed by atoms with E-state index in [2.05, 4.69) is 5.32 Å². The summed E-state index contributed by atoms with van der Waals surface area (Å²) in [5, 5.41) is 2.43. The van der Waals surface area contributed by atoms with Crippen molar-refractivity contribution in [1.29, 1.82) is 0 Å². The number of para-hydroxylation sites is 1. The Morgan fingerprint density at radius 2 is 1.93 bits per heavy atom. The highest BCUT2D eigenvalue weighted by Crippen LogP contribution is 2.39. The van der Waals surface area contributed by atoms with Gasteiger partial charge in [0.25, 0.3) is 5.91 Å². The molecule has 0 unspecified atom stereocenters. The number of nitrogens with one attached hydrogen (secondary N) is 1. The molecule has 1 atom stereocenters. The number of rotatable bonds is 5. The van der Waals surface area contributed by atoms with E-state index in [9.17, 15) is 14.0 Å². The Labute approximate surface area is 165 Å². The molecule has 2 heterocycles. The molecule has 1 aromatic heterocycles. The van der Waals surface area contributed by atoms with E-state index >= 15 is 0 Å². The molecule has 28 heavy (non-hydrogen) atoms. The summed E-state index contributed by atoms with van der Waals surface area (Å²) in [7, 11) is 0. The van der Waals surface area contributed by atoms with E-state index in [1.807, 2.05) is 18.2 Å². The molecule has 142 valence electrons. The Morgan fingerprint density at radius 1 is 1.14 bits per heavy atom. The Kier molecular flexibility index (Phi) is 5.16. The van der Waals surface area contributed by atoms with E-state index in [1.165, 1.54) is 23.9 Å². The molecule has 2 amide bonds. The van der Waals surface area contributed by atoms with Crippen LogP contribution in [0.25, 0.3) is 0 Å². The first kappa shape index (κ1) is 18.3. The third-order valence-corrected chi connectivity index (χ3v) is 5.71. The molecule has 0 spiro atoms. The van der Waals surface area contributed by atoms with Gasteiger partial charge in [-0.25, -0.2) is 4.39 Å². The lowest BCUT2D eigenvalue weighted by atomic mass is 10.1. The minimum Gasteiger partial charge on any atom is -0.467 e. The number of anilines is 1. The van der Waals surface area contributed by atoms with Gasteiger partial charge in [-0.3, -0.25) is 9.59 Å². The SMILES string of the molecule is O=C(Nc1ccccc1F)c1ccc([C@H]2SCC(=O)N2Cc2ccco2)cc1. The number of carbonyl (C=O) groups excluding carboxylic acids is 2. The number of carbonyl (C=O) groups is 2. The highest BCUT2D eigenvalue weighted by atomic mass is 32.2. The zero-order chi connectivity index (χ0) is 19.5. The fourth-order valence-electron chi connectivity index (χ4n) is 3.03. The number of benzene rings is 2. The van der Waals surface area contributed by atoms with Gasteiger partial charge in [0.1, 0.15) is 17.0 Å². The molecule has 5 nitrogen and oxygen atoms in total. The fourth-order valence-corrected chi connectivity index (χ4v) is 4.22. The van der Waals surface area contributed by atoms with Crippen molar-refractivity contribution < 1.29 is 18.4 Å². The molecule has 7 heteroatoms. The van der Waals surface area contributed by atoms with Gasteiger partial charge in [-0.1, -0.05) is 24.3 Å². The Balaban J connectivity index is 1.48. The third-order valence-electron chi connectivity index (χ3n) is 4.45. The van der Waals surface area contributed by atoms with E-state index in [4.69, 9.17) is 4.42 Å². The van der Waals surface area contributed by atoms with Gasteiger partial charge in [0.05, 0.1) is 24.2 Å². The first-order chi connectivity index (χ1) is 13.6. The average Bonchev–Trinajstić information content (AvgIpc) is 3.35. The third kappa shape index (κ3) is 3.80. The zero-order valence-corrected chi connectivity index (χ0v) is 15.6. The van der Waals surface area contributed by atoms with Gasteiger partial charge in [0.15, 0.2) is 0 Å². The summed E-state index contributed by atoms with van der Waals surface area (Å²) in [5.74, 6) is 0.302. The zero-order valence-electron chi connectivity index (χ0n) is 14.8. The van der Waals surface area contributed by atoms with Crippen molar-refractivity contribution >= 4 is 29.3 Å². The Hall–Kier alpha value is -3.06. The smallest absolute Gasteiger partial charge is 0.255 e. The molecule has 3 aromatic rings. The highest BCUT2D eigenvalue weighted by molar-refractivity contribution is 8.00. The number of halogens is 1. The molecule has 0 saturated carbocycles. The highest BCUT2D eigenvalue weighted by Gasteiger charge is 2.33. The van der Waals surface area contributed by atoms with Crippen LogP contribution in [-0.2, 0) is 11.3 Å². The maximum absolute atomic E-state index is 13.7. The lowest BCUT2D eigenvalue weighted by Gasteiger charge is -2.23. The largest absolute Gasteiger partial charge is 0.467 e. The van der Waals surface area contributed by atoms with E-state index in [-0.39, 0.29) is 22.9 Å². The van der Waals surface area contributed by atoms with Crippen LogP contribution >= 0.6 is 11.8 Å². The molecule has 2 aromatic carbocycles. The summed E-state index contributed by atoms with van der Waals surface area (Å²) in [5.41, 5.74) is 1.47. The van der Waals surface area contributed by atoms with Crippen LogP contribution in [-0.4, -0.2) is 22.5 Å². The average molecular weight is 396 g/mol. The van der Waals surface area contributed by atoms with E-state index in [0.29, 0.717) is 17.9 Å². The minimum atomic E-state index is -0.484. The number of hydrogen-bond donors (Lipinski definition) is 1. The summed E-state index contributed by atoms with van der Waals surface area (Å²) < 4.78 is 19.1. The summed E-state index contributed by atoms with van der Waals surface area (Å²) >= 11 is 1.54. The van der Waals surface area contributed by atoms with Crippen LogP contribution in [0.5, 0.6) is 0 Å². The monoisotopic (exact) mass is 396 g/mol. The second-order valence-corrected chi connectivity index (χ2v) is 7.39. The van der Waals surface area contributed by atoms with Gasteiger partial charge in [-0.2, -0.15) is 0 Å². The molecule has 1 fully saturated rings. The number of hydrogen-bond acceptors (Lipinski definition) is 4. The van der Waals surface area contributed by atoms with Gasteiger partial charge in [0, 0.05) is 5.56 Å². The maximum Gasteiger partial charge on any atom is 0.255 e. The van der Waals surface area contributed by atoms with Gasteiger partial charge in [-0.15, -0.1) is 11.8 Å². The van der Waals surface area contributed by atoms with E-state index in [1.54, 1.807) is 41.5 Å².